The van der Waals surface area contributed by atoms with E-state index in [9.17, 15) is 14.4 Å². The molecule has 1 aliphatic rings. The van der Waals surface area contributed by atoms with E-state index >= 15 is 0 Å². The van der Waals surface area contributed by atoms with Crippen LogP contribution in [0.4, 0.5) is 17.1 Å². The van der Waals surface area contributed by atoms with Crippen LogP contribution in [0.2, 0.25) is 0 Å². The molecule has 2 unspecified atom stereocenters. The number of nitrogens with zero attached hydrogens (tertiary/aromatic N) is 4. The number of halogens is 2. The zero-order chi connectivity index (χ0) is 25.3. The normalized spacial score (nSPS) is 15.8. The number of carbonyl (C=O) groups excluding carboxylic acids is 3. The number of hydrazine groups is 1. The van der Waals surface area contributed by atoms with Crippen LogP contribution in [0.3, 0.4) is 0 Å². The number of hydrogen-bond acceptors (Lipinski definition) is 7. The summed E-state index contributed by atoms with van der Waals surface area (Å²) in [5, 5.41) is 13.5. The summed E-state index contributed by atoms with van der Waals surface area (Å²) in [6, 6.07) is 4.77. The summed E-state index contributed by atoms with van der Waals surface area (Å²) in [5.74, 6) is -0.952. The monoisotopic (exact) mass is 554 g/mol. The number of aromatic nitrogens is 3. The van der Waals surface area contributed by atoms with E-state index in [1.165, 1.54) is 0 Å². The van der Waals surface area contributed by atoms with E-state index < -0.39 is 0 Å². The number of nitrogens with two attached hydrogens (primary N) is 1. The Balaban J connectivity index is 0.00000241. The number of carbonyl (C=O) groups is 3. The maximum atomic E-state index is 12.9. The minimum atomic E-state index is -0.376. The van der Waals surface area contributed by atoms with Crippen molar-refractivity contribution in [3.8, 4) is 0 Å². The third kappa shape index (κ3) is 7.05. The molecule has 0 radical (unpaired) electrons. The summed E-state index contributed by atoms with van der Waals surface area (Å²) < 4.78 is 4.89. The Bertz CT molecular complexity index is 1280. The van der Waals surface area contributed by atoms with Gasteiger partial charge in [-0.2, -0.15) is 0 Å². The summed E-state index contributed by atoms with van der Waals surface area (Å²) in [6.45, 7) is 1.08. The Hall–Kier alpha value is -3.49. The van der Waals surface area contributed by atoms with Gasteiger partial charge in [0.25, 0.3) is 17.7 Å². The highest BCUT2D eigenvalue weighted by atomic mass is 35.5. The van der Waals surface area contributed by atoms with Gasteiger partial charge in [-0.15, -0.1) is 24.8 Å². The van der Waals surface area contributed by atoms with Crippen LogP contribution in [0.25, 0.3) is 0 Å². The first-order valence-electron chi connectivity index (χ1n) is 11.0. The average Bonchev–Trinajstić information content (AvgIpc) is 3.07. The van der Waals surface area contributed by atoms with Gasteiger partial charge in [0.2, 0.25) is 0 Å². The first-order valence-corrected chi connectivity index (χ1v) is 11.0. The molecule has 7 N–H and O–H groups in total. The van der Waals surface area contributed by atoms with Crippen LogP contribution in [0, 0.1) is 0 Å². The number of nitrogens with one attached hydrogen (secondary N) is 5. The average molecular weight is 555 g/mol. The van der Waals surface area contributed by atoms with Crippen molar-refractivity contribution >= 4 is 59.6 Å². The number of hydrogen-bond donors (Lipinski definition) is 6. The molecule has 37 heavy (non-hydrogen) atoms. The van der Waals surface area contributed by atoms with E-state index in [2.05, 4.69) is 26.7 Å². The summed E-state index contributed by atoms with van der Waals surface area (Å²) >= 11 is 0. The maximum absolute atomic E-state index is 12.9. The summed E-state index contributed by atoms with van der Waals surface area (Å²) in [4.78, 5) is 37.9. The van der Waals surface area contributed by atoms with E-state index in [1.807, 2.05) is 12.1 Å². The largest absolute Gasteiger partial charge is 0.397 e. The second-order valence-corrected chi connectivity index (χ2v) is 8.48. The van der Waals surface area contributed by atoms with Gasteiger partial charge in [0, 0.05) is 59.9 Å². The van der Waals surface area contributed by atoms with Crippen molar-refractivity contribution in [2.45, 2.75) is 6.29 Å². The Morgan fingerprint density at radius 1 is 0.784 bits per heavy atom. The fourth-order valence-corrected chi connectivity index (χ4v) is 3.74. The third-order valence-corrected chi connectivity index (χ3v) is 5.64. The molecule has 0 aromatic carbocycles. The van der Waals surface area contributed by atoms with Crippen LogP contribution >= 0.6 is 24.8 Å². The molecule has 4 heterocycles. The minimum Gasteiger partial charge on any atom is -0.397 e. The molecule has 1 saturated heterocycles. The molecule has 0 saturated carbocycles. The molecule has 13 nitrogen and oxygen atoms in total. The summed E-state index contributed by atoms with van der Waals surface area (Å²) in [7, 11) is 7.09. The number of nitrogen functional groups attached to an aromatic ring is 1. The predicted octanol–water partition coefficient (Wildman–Crippen LogP) is 0.685. The van der Waals surface area contributed by atoms with Crippen molar-refractivity contribution in [2.24, 2.45) is 21.1 Å². The van der Waals surface area contributed by atoms with Gasteiger partial charge >= 0.3 is 0 Å². The van der Waals surface area contributed by atoms with Gasteiger partial charge in [-0.05, 0) is 18.2 Å². The Morgan fingerprint density at radius 2 is 1.24 bits per heavy atom. The Morgan fingerprint density at radius 3 is 1.70 bits per heavy atom. The fraction of sp³-hybridized carbons (Fsp3) is 0.318. The van der Waals surface area contributed by atoms with Crippen LogP contribution in [0.15, 0.2) is 36.8 Å². The zero-order valence-electron chi connectivity index (χ0n) is 20.9. The van der Waals surface area contributed by atoms with Crippen LogP contribution in [0.5, 0.6) is 0 Å². The van der Waals surface area contributed by atoms with E-state index in [-0.39, 0.29) is 48.8 Å². The quantitative estimate of drug-likeness (QED) is 0.167. The molecule has 4 rings (SSSR count). The Kier molecular flexibility index (Phi) is 9.78. The maximum Gasteiger partial charge on any atom is 0.272 e. The molecule has 0 bridgehead atoms. The van der Waals surface area contributed by atoms with Crippen molar-refractivity contribution in [1.82, 2.24) is 34.8 Å². The van der Waals surface area contributed by atoms with Crippen molar-refractivity contribution in [1.29, 1.82) is 0 Å². The SMILES string of the molecule is CN1NC1NCCNC(=O)c1cc(NC(=O)c2cc(NC(=O)c3cc(N)cn3C)cn2C)cn1C.Cl.Cl. The van der Waals surface area contributed by atoms with Crippen molar-refractivity contribution in [3.05, 3.63) is 53.9 Å². The molecule has 0 aliphatic carbocycles. The van der Waals surface area contributed by atoms with E-state index in [0.29, 0.717) is 47.2 Å². The summed E-state index contributed by atoms with van der Waals surface area (Å²) in [5.41, 5.74) is 11.4. The molecule has 3 aromatic heterocycles. The highest BCUT2D eigenvalue weighted by Crippen LogP contribution is 2.19. The van der Waals surface area contributed by atoms with Crippen molar-refractivity contribution in [2.75, 3.05) is 36.5 Å². The predicted molar refractivity (Wildman–Crippen MR) is 146 cm³/mol. The smallest absolute Gasteiger partial charge is 0.272 e. The van der Waals surface area contributed by atoms with Crippen LogP contribution < -0.4 is 32.4 Å². The molecule has 1 aliphatic heterocycles. The summed E-state index contributed by atoms with van der Waals surface area (Å²) in [6.07, 6.45) is 5.10. The highest BCUT2D eigenvalue weighted by molar-refractivity contribution is 6.07. The topological polar surface area (TPSA) is 165 Å². The number of anilines is 3. The van der Waals surface area contributed by atoms with Crippen molar-refractivity contribution in [3.63, 3.8) is 0 Å². The highest BCUT2D eigenvalue weighted by Gasteiger charge is 2.27. The van der Waals surface area contributed by atoms with Gasteiger partial charge in [-0.25, -0.2) is 10.4 Å². The second-order valence-electron chi connectivity index (χ2n) is 8.48. The van der Waals surface area contributed by atoms with E-state index in [1.54, 1.807) is 71.6 Å². The molecule has 15 heteroatoms. The molecular weight excluding hydrogens is 523 g/mol. The third-order valence-electron chi connectivity index (χ3n) is 5.64. The second kappa shape index (κ2) is 12.2. The molecule has 1 fully saturated rings. The van der Waals surface area contributed by atoms with Gasteiger partial charge in [-0.3, -0.25) is 19.7 Å². The van der Waals surface area contributed by atoms with E-state index in [4.69, 9.17) is 5.73 Å². The lowest BCUT2D eigenvalue weighted by atomic mass is 10.3. The van der Waals surface area contributed by atoms with Gasteiger partial charge in [0.1, 0.15) is 23.4 Å². The van der Waals surface area contributed by atoms with Crippen LogP contribution in [-0.2, 0) is 21.1 Å². The van der Waals surface area contributed by atoms with Gasteiger partial charge < -0.3 is 35.4 Å². The molecule has 3 aromatic rings. The van der Waals surface area contributed by atoms with Gasteiger partial charge in [0.15, 0.2) is 0 Å². The molecule has 2 atom stereocenters. The molecule has 202 valence electrons. The van der Waals surface area contributed by atoms with Crippen LogP contribution in [-0.4, -0.2) is 62.9 Å². The number of aryl methyl sites for hydroxylation is 3. The number of amides is 3. The lowest BCUT2D eigenvalue weighted by molar-refractivity contribution is 0.0944. The minimum absolute atomic E-state index is 0. The molecular formula is C22H32Cl2N10O3. The van der Waals surface area contributed by atoms with Crippen molar-refractivity contribution < 1.29 is 14.4 Å². The lowest BCUT2D eigenvalue weighted by Crippen LogP contribution is -2.34. The first kappa shape index (κ1) is 29.7. The fourth-order valence-electron chi connectivity index (χ4n) is 3.74. The number of rotatable bonds is 9. The van der Waals surface area contributed by atoms with Crippen LogP contribution in [0.1, 0.15) is 31.5 Å². The molecule has 3 amide bonds. The molecule has 0 spiro atoms. The first-order chi connectivity index (χ1) is 16.6. The van der Waals surface area contributed by atoms with Gasteiger partial charge in [-0.1, -0.05) is 0 Å². The van der Waals surface area contributed by atoms with E-state index in [0.717, 1.165) is 0 Å². The zero-order valence-corrected chi connectivity index (χ0v) is 22.5. The lowest BCUT2D eigenvalue weighted by Gasteiger charge is -2.06. The van der Waals surface area contributed by atoms with Gasteiger partial charge in [0.05, 0.1) is 17.1 Å². The Labute approximate surface area is 226 Å². The standard InChI is InChI=1S/C22H30N10O3.2ClH/c1-29-10-13(23)7-16(29)20(34)26-15-9-18(31(3)12-15)21(35)27-14-8-17(30(2)11-14)19(33)24-5-6-25-22-28-32(22)4;;/h7-12,22,25,28H,5-6,23H2,1-4H3,(H,24,33)(H,26,34)(H,27,35);2*1H.